The van der Waals surface area contributed by atoms with Crippen LogP contribution >= 0.6 is 0 Å². The van der Waals surface area contributed by atoms with E-state index in [2.05, 4.69) is 4.72 Å². The van der Waals surface area contributed by atoms with Gasteiger partial charge < -0.3 is 9.47 Å². The Bertz CT molecular complexity index is 666. The summed E-state index contributed by atoms with van der Waals surface area (Å²) in [6.07, 6.45) is 4.02. The van der Waals surface area contributed by atoms with Crippen molar-refractivity contribution >= 4 is 15.9 Å². The van der Waals surface area contributed by atoms with Gasteiger partial charge in [0, 0.05) is 33.0 Å². The van der Waals surface area contributed by atoms with E-state index in [0.717, 1.165) is 25.7 Å². The number of anilines is 1. The third kappa shape index (κ3) is 3.01. The van der Waals surface area contributed by atoms with Gasteiger partial charge in [0.2, 0.25) is 5.79 Å². The highest BCUT2D eigenvalue weighted by molar-refractivity contribution is 7.90. The minimum Gasteiger partial charge on any atom is -0.449 e. The van der Waals surface area contributed by atoms with Crippen LogP contribution in [0.2, 0.25) is 0 Å². The summed E-state index contributed by atoms with van der Waals surface area (Å²) in [4.78, 5) is 0. The fourth-order valence-electron chi connectivity index (χ4n) is 2.97. The van der Waals surface area contributed by atoms with Crippen molar-refractivity contribution in [1.29, 1.82) is 0 Å². The molecule has 0 spiro atoms. The second-order valence-electron chi connectivity index (χ2n) is 6.33. The number of rotatable bonds is 4. The summed E-state index contributed by atoms with van der Waals surface area (Å²) in [6, 6.07) is 5.15. The highest BCUT2D eigenvalue weighted by Gasteiger charge is 2.33. The van der Waals surface area contributed by atoms with Crippen LogP contribution in [-0.4, -0.2) is 31.6 Å². The fourth-order valence-corrected chi connectivity index (χ4v) is 4.14. The van der Waals surface area contributed by atoms with Gasteiger partial charge in [-0.25, -0.2) is 0 Å². The molecule has 0 radical (unpaired) electrons. The van der Waals surface area contributed by atoms with Gasteiger partial charge in [0.25, 0.3) is 0 Å². The molecule has 0 bridgehead atoms. The predicted molar refractivity (Wildman–Crippen MR) is 84.3 cm³/mol. The molecule has 22 heavy (non-hydrogen) atoms. The van der Waals surface area contributed by atoms with E-state index in [1.54, 1.807) is 25.2 Å². The smallest absolute Gasteiger partial charge is 0.301 e. The van der Waals surface area contributed by atoms with Crippen LogP contribution in [0.25, 0.3) is 0 Å². The predicted octanol–water partition coefficient (Wildman–Crippen LogP) is 2.73. The molecule has 0 aromatic heterocycles. The number of hydrogen-bond donors (Lipinski definition) is 1. The minimum absolute atomic E-state index is 0.0884. The van der Waals surface area contributed by atoms with Crippen LogP contribution in [0, 0.1) is 0 Å². The summed E-state index contributed by atoms with van der Waals surface area (Å²) in [7, 11) is -1.92. The van der Waals surface area contributed by atoms with E-state index >= 15 is 0 Å². The van der Waals surface area contributed by atoms with Crippen molar-refractivity contribution in [2.24, 2.45) is 0 Å². The third-order valence-corrected chi connectivity index (χ3v) is 5.67. The molecule has 0 saturated heterocycles. The van der Waals surface area contributed by atoms with Crippen molar-refractivity contribution in [2.75, 3.05) is 11.8 Å². The number of hydrogen-bond acceptors (Lipinski definition) is 4. The second-order valence-corrected chi connectivity index (χ2v) is 8.06. The summed E-state index contributed by atoms with van der Waals surface area (Å²) in [5.41, 5.74) is 0.477. The standard InChI is InChI=1S/C15H22N2O4S/c1-15(2)20-13-9-8-11(10-14(13)21-15)16-22(18,19)17(3)12-6-4-5-7-12/h8-10,12,16H,4-7H2,1-3H3. The van der Waals surface area contributed by atoms with Gasteiger partial charge in [0.05, 0.1) is 5.69 Å². The van der Waals surface area contributed by atoms with Crippen LogP contribution < -0.4 is 14.2 Å². The number of fused-ring (bicyclic) bond motifs is 1. The van der Waals surface area contributed by atoms with E-state index in [9.17, 15) is 8.42 Å². The van der Waals surface area contributed by atoms with E-state index < -0.39 is 16.0 Å². The molecule has 2 aliphatic rings. The number of nitrogens with zero attached hydrogens (tertiary/aromatic N) is 1. The number of nitrogens with one attached hydrogen (secondary N) is 1. The molecule has 122 valence electrons. The van der Waals surface area contributed by atoms with Gasteiger partial charge in [-0.2, -0.15) is 12.7 Å². The highest BCUT2D eigenvalue weighted by Crippen LogP contribution is 2.41. The first-order chi connectivity index (χ1) is 10.3. The molecule has 1 N–H and O–H groups in total. The quantitative estimate of drug-likeness (QED) is 0.924. The first kappa shape index (κ1) is 15.4. The molecule has 1 aliphatic heterocycles. The lowest BCUT2D eigenvalue weighted by Gasteiger charge is -2.24. The normalized spacial score (nSPS) is 20.5. The lowest BCUT2D eigenvalue weighted by Crippen LogP contribution is -2.39. The van der Waals surface area contributed by atoms with E-state index in [1.165, 1.54) is 4.31 Å². The van der Waals surface area contributed by atoms with E-state index in [-0.39, 0.29) is 6.04 Å². The van der Waals surface area contributed by atoms with Crippen molar-refractivity contribution in [2.45, 2.75) is 51.4 Å². The molecular formula is C15H22N2O4S. The van der Waals surface area contributed by atoms with Crippen molar-refractivity contribution in [3.8, 4) is 11.5 Å². The van der Waals surface area contributed by atoms with Crippen LogP contribution in [0.4, 0.5) is 5.69 Å². The Kier molecular flexibility index (Phi) is 3.72. The van der Waals surface area contributed by atoms with E-state index in [0.29, 0.717) is 17.2 Å². The average molecular weight is 326 g/mol. The molecule has 3 rings (SSSR count). The molecule has 0 atom stereocenters. The van der Waals surface area contributed by atoms with Crippen LogP contribution in [0.15, 0.2) is 18.2 Å². The maximum absolute atomic E-state index is 12.5. The Balaban J connectivity index is 1.76. The van der Waals surface area contributed by atoms with Gasteiger partial charge in [-0.1, -0.05) is 12.8 Å². The van der Waals surface area contributed by atoms with Gasteiger partial charge in [-0.05, 0) is 25.0 Å². The van der Waals surface area contributed by atoms with Crippen molar-refractivity contribution < 1.29 is 17.9 Å². The lowest BCUT2D eigenvalue weighted by atomic mass is 10.3. The van der Waals surface area contributed by atoms with Crippen LogP contribution in [0.5, 0.6) is 11.5 Å². The second kappa shape index (κ2) is 5.31. The van der Waals surface area contributed by atoms with Crippen molar-refractivity contribution in [3.63, 3.8) is 0 Å². The zero-order chi connectivity index (χ0) is 16.0. The van der Waals surface area contributed by atoms with Crippen molar-refractivity contribution in [3.05, 3.63) is 18.2 Å². The van der Waals surface area contributed by atoms with Gasteiger partial charge in [-0.15, -0.1) is 0 Å². The first-order valence-corrected chi connectivity index (χ1v) is 8.99. The van der Waals surface area contributed by atoms with Gasteiger partial charge in [-0.3, -0.25) is 4.72 Å². The van der Waals surface area contributed by atoms with Crippen molar-refractivity contribution in [1.82, 2.24) is 4.31 Å². The molecule has 1 aliphatic carbocycles. The molecule has 7 heteroatoms. The van der Waals surface area contributed by atoms with Gasteiger partial charge in [0.15, 0.2) is 11.5 Å². The molecule has 1 aromatic rings. The molecule has 1 fully saturated rings. The Morgan fingerprint density at radius 3 is 2.50 bits per heavy atom. The van der Waals surface area contributed by atoms with Crippen LogP contribution in [-0.2, 0) is 10.2 Å². The number of ether oxygens (including phenoxy) is 2. The van der Waals surface area contributed by atoms with Gasteiger partial charge in [0.1, 0.15) is 0 Å². The van der Waals surface area contributed by atoms with Gasteiger partial charge >= 0.3 is 10.2 Å². The molecule has 0 unspecified atom stereocenters. The third-order valence-electron chi connectivity index (χ3n) is 4.12. The summed E-state index contributed by atoms with van der Waals surface area (Å²) >= 11 is 0. The Morgan fingerprint density at radius 1 is 1.18 bits per heavy atom. The molecule has 1 saturated carbocycles. The Morgan fingerprint density at radius 2 is 1.82 bits per heavy atom. The first-order valence-electron chi connectivity index (χ1n) is 7.55. The SMILES string of the molecule is CN(C1CCCC1)S(=O)(=O)Nc1ccc2c(c1)OC(C)(C)O2. The Hall–Kier alpha value is -1.47. The zero-order valence-electron chi connectivity index (χ0n) is 13.1. The number of benzene rings is 1. The zero-order valence-corrected chi connectivity index (χ0v) is 13.9. The molecule has 1 heterocycles. The average Bonchev–Trinajstić information content (AvgIpc) is 3.02. The summed E-state index contributed by atoms with van der Waals surface area (Å²) in [6.45, 7) is 3.62. The molecular weight excluding hydrogens is 304 g/mol. The monoisotopic (exact) mass is 326 g/mol. The maximum Gasteiger partial charge on any atom is 0.301 e. The topological polar surface area (TPSA) is 67.9 Å². The maximum atomic E-state index is 12.5. The summed E-state index contributed by atoms with van der Waals surface area (Å²) < 4.78 is 40.2. The molecule has 1 aromatic carbocycles. The summed E-state index contributed by atoms with van der Waals surface area (Å²) in [5.74, 6) is 0.450. The fraction of sp³-hybridized carbons (Fsp3) is 0.600. The van der Waals surface area contributed by atoms with E-state index in [4.69, 9.17) is 9.47 Å². The highest BCUT2D eigenvalue weighted by atomic mass is 32.2. The van der Waals surface area contributed by atoms with Crippen LogP contribution in [0.1, 0.15) is 39.5 Å². The van der Waals surface area contributed by atoms with Crippen LogP contribution in [0.3, 0.4) is 0 Å². The largest absolute Gasteiger partial charge is 0.449 e. The van der Waals surface area contributed by atoms with E-state index in [1.807, 2.05) is 13.8 Å². The molecule has 0 amide bonds. The minimum atomic E-state index is -3.56. The lowest BCUT2D eigenvalue weighted by molar-refractivity contribution is -0.0431. The Labute approximate surface area is 131 Å². The molecule has 6 nitrogen and oxygen atoms in total. The summed E-state index contributed by atoms with van der Waals surface area (Å²) in [5, 5.41) is 0.